The zero-order valence-corrected chi connectivity index (χ0v) is 11.4. The van der Waals surface area contributed by atoms with Crippen LogP contribution < -0.4 is 0 Å². The summed E-state index contributed by atoms with van der Waals surface area (Å²) in [5, 5.41) is 8.72. The highest BCUT2D eigenvalue weighted by Gasteiger charge is 2.44. The van der Waals surface area contributed by atoms with E-state index in [2.05, 4.69) is 18.2 Å². The summed E-state index contributed by atoms with van der Waals surface area (Å²) in [5.41, 5.74) is 1.17. The van der Waals surface area contributed by atoms with E-state index in [1.807, 2.05) is 18.2 Å². The molecule has 2 aliphatic heterocycles. The minimum absolute atomic E-state index is 0.0436. The van der Waals surface area contributed by atoms with Crippen molar-refractivity contribution in [2.24, 2.45) is 5.92 Å². The molecule has 2 saturated heterocycles. The van der Waals surface area contributed by atoms with Crippen LogP contribution >= 0.6 is 0 Å². The predicted molar refractivity (Wildman–Crippen MR) is 72.6 cm³/mol. The molecule has 0 spiro atoms. The summed E-state index contributed by atoms with van der Waals surface area (Å²) < 4.78 is 17.5. The summed E-state index contributed by atoms with van der Waals surface area (Å²) in [6.07, 6.45) is 2.26. The molecule has 2 fully saturated rings. The van der Waals surface area contributed by atoms with E-state index in [1.165, 1.54) is 5.56 Å². The van der Waals surface area contributed by atoms with E-state index in [-0.39, 0.29) is 24.4 Å². The largest absolute Gasteiger partial charge is 0.371 e. The zero-order valence-electron chi connectivity index (χ0n) is 11.4. The highest BCUT2D eigenvalue weighted by Crippen LogP contribution is 2.36. The van der Waals surface area contributed by atoms with Crippen LogP contribution in [-0.4, -0.2) is 25.1 Å². The van der Waals surface area contributed by atoms with Crippen LogP contribution in [0.3, 0.4) is 0 Å². The van der Waals surface area contributed by atoms with Gasteiger partial charge in [0, 0.05) is 12.3 Å². The molecule has 4 heteroatoms. The standard InChI is InChI=1S/C16H19NO3/c17-8-4-7-13-9-14(15-11-19-16(13)20-15)18-10-12-5-2-1-3-6-12/h1-3,5-6,13-16H,4,7,9-11H2/t13-,14+,15-,16-/m1/s1. The van der Waals surface area contributed by atoms with E-state index >= 15 is 0 Å². The summed E-state index contributed by atoms with van der Waals surface area (Å²) in [5.74, 6) is 0.272. The predicted octanol–water partition coefficient (Wildman–Crippen LogP) is 2.64. The summed E-state index contributed by atoms with van der Waals surface area (Å²) in [4.78, 5) is 0. The van der Waals surface area contributed by atoms with E-state index in [0.29, 0.717) is 19.6 Å². The molecular formula is C16H19NO3. The van der Waals surface area contributed by atoms with Crippen molar-refractivity contribution in [3.8, 4) is 6.07 Å². The van der Waals surface area contributed by atoms with Crippen molar-refractivity contribution in [2.75, 3.05) is 6.61 Å². The second kappa shape index (κ2) is 6.36. The monoisotopic (exact) mass is 273 g/mol. The van der Waals surface area contributed by atoms with Crippen molar-refractivity contribution in [2.45, 2.75) is 44.4 Å². The Kier molecular flexibility index (Phi) is 4.31. The van der Waals surface area contributed by atoms with Gasteiger partial charge in [-0.15, -0.1) is 0 Å². The van der Waals surface area contributed by atoms with Crippen LogP contribution in [0.4, 0.5) is 0 Å². The smallest absolute Gasteiger partial charge is 0.161 e. The third kappa shape index (κ3) is 3.01. The lowest BCUT2D eigenvalue weighted by atomic mass is 9.92. The highest BCUT2D eigenvalue weighted by atomic mass is 16.7. The number of nitriles is 1. The molecule has 4 atom stereocenters. The third-order valence-electron chi connectivity index (χ3n) is 4.00. The summed E-state index contributed by atoms with van der Waals surface area (Å²) in [7, 11) is 0. The molecule has 2 heterocycles. The molecule has 20 heavy (non-hydrogen) atoms. The average molecular weight is 273 g/mol. The molecule has 0 aliphatic carbocycles. The first-order chi connectivity index (χ1) is 9.86. The molecule has 4 nitrogen and oxygen atoms in total. The van der Waals surface area contributed by atoms with Crippen molar-refractivity contribution < 1.29 is 14.2 Å². The molecule has 106 valence electrons. The number of hydrogen-bond acceptors (Lipinski definition) is 4. The van der Waals surface area contributed by atoms with Crippen LogP contribution in [0.1, 0.15) is 24.8 Å². The molecule has 2 bridgehead atoms. The van der Waals surface area contributed by atoms with Crippen LogP contribution in [0.15, 0.2) is 30.3 Å². The van der Waals surface area contributed by atoms with Gasteiger partial charge in [0.1, 0.15) is 6.10 Å². The van der Waals surface area contributed by atoms with Gasteiger partial charge in [0.15, 0.2) is 6.29 Å². The summed E-state index contributed by atoms with van der Waals surface area (Å²) >= 11 is 0. The van der Waals surface area contributed by atoms with Crippen molar-refractivity contribution in [3.05, 3.63) is 35.9 Å². The minimum atomic E-state index is -0.134. The SMILES string of the molecule is N#CCC[C@@H]1C[C@H](OCc2ccccc2)[C@H]2CO[C@@H]1O2. The number of benzene rings is 1. The highest BCUT2D eigenvalue weighted by molar-refractivity contribution is 5.13. The average Bonchev–Trinajstić information content (AvgIpc) is 2.92. The fourth-order valence-corrected chi connectivity index (χ4v) is 2.90. The van der Waals surface area contributed by atoms with Crippen LogP contribution in [0.25, 0.3) is 0 Å². The fraction of sp³-hybridized carbons (Fsp3) is 0.562. The second-order valence-corrected chi connectivity index (χ2v) is 5.40. The van der Waals surface area contributed by atoms with Crippen molar-refractivity contribution >= 4 is 0 Å². The van der Waals surface area contributed by atoms with Crippen molar-refractivity contribution in [1.29, 1.82) is 5.26 Å². The number of fused-ring (bicyclic) bond motifs is 2. The molecule has 2 aliphatic rings. The molecule has 0 saturated carbocycles. The Bertz CT molecular complexity index is 470. The van der Waals surface area contributed by atoms with Gasteiger partial charge in [-0.05, 0) is 18.4 Å². The molecule has 0 amide bonds. The normalized spacial score (nSPS) is 31.9. The summed E-state index contributed by atoms with van der Waals surface area (Å²) in [6.45, 7) is 1.20. The van der Waals surface area contributed by atoms with E-state index in [9.17, 15) is 0 Å². The lowest BCUT2D eigenvalue weighted by molar-refractivity contribution is -0.170. The lowest BCUT2D eigenvalue weighted by Crippen LogP contribution is -2.40. The maximum atomic E-state index is 8.72. The Balaban J connectivity index is 1.57. The Morgan fingerprint density at radius 3 is 2.95 bits per heavy atom. The number of hydrogen-bond donors (Lipinski definition) is 0. The molecule has 1 aromatic rings. The first-order valence-electron chi connectivity index (χ1n) is 7.16. The molecule has 0 N–H and O–H groups in total. The van der Waals surface area contributed by atoms with Gasteiger partial charge in [-0.25, -0.2) is 0 Å². The zero-order chi connectivity index (χ0) is 13.8. The van der Waals surface area contributed by atoms with Crippen LogP contribution in [0.2, 0.25) is 0 Å². The van der Waals surface area contributed by atoms with Crippen LogP contribution in [0, 0.1) is 17.2 Å². The first-order valence-corrected chi connectivity index (χ1v) is 7.16. The van der Waals surface area contributed by atoms with Crippen LogP contribution in [0.5, 0.6) is 0 Å². The Hall–Kier alpha value is -1.41. The quantitative estimate of drug-likeness (QED) is 0.827. The van der Waals surface area contributed by atoms with Gasteiger partial charge >= 0.3 is 0 Å². The van der Waals surface area contributed by atoms with E-state index < -0.39 is 0 Å². The van der Waals surface area contributed by atoms with Gasteiger partial charge in [0.25, 0.3) is 0 Å². The van der Waals surface area contributed by atoms with Gasteiger partial charge in [0.05, 0.1) is 25.4 Å². The number of ether oxygens (including phenoxy) is 3. The topological polar surface area (TPSA) is 51.5 Å². The van der Waals surface area contributed by atoms with E-state index in [4.69, 9.17) is 19.5 Å². The van der Waals surface area contributed by atoms with Crippen molar-refractivity contribution in [3.63, 3.8) is 0 Å². The minimum Gasteiger partial charge on any atom is -0.371 e. The van der Waals surface area contributed by atoms with Gasteiger partial charge in [-0.1, -0.05) is 30.3 Å². The number of nitrogens with zero attached hydrogens (tertiary/aromatic N) is 1. The second-order valence-electron chi connectivity index (χ2n) is 5.40. The maximum absolute atomic E-state index is 8.72. The molecule has 0 aromatic heterocycles. The summed E-state index contributed by atoms with van der Waals surface area (Å²) in [6, 6.07) is 12.3. The molecule has 0 unspecified atom stereocenters. The molecule has 3 rings (SSSR count). The molecule has 0 radical (unpaired) electrons. The van der Waals surface area contributed by atoms with Gasteiger partial charge in [-0.2, -0.15) is 5.26 Å². The lowest BCUT2D eigenvalue weighted by Gasteiger charge is -2.33. The molecule has 1 aromatic carbocycles. The number of rotatable bonds is 5. The molecular weight excluding hydrogens is 254 g/mol. The van der Waals surface area contributed by atoms with Gasteiger partial charge in [0.2, 0.25) is 0 Å². The Morgan fingerprint density at radius 1 is 1.30 bits per heavy atom. The Labute approximate surface area is 119 Å². The first kappa shape index (κ1) is 13.6. The third-order valence-corrected chi connectivity index (χ3v) is 4.00. The van der Waals surface area contributed by atoms with Gasteiger partial charge < -0.3 is 14.2 Å². The fourth-order valence-electron chi connectivity index (χ4n) is 2.90. The Morgan fingerprint density at radius 2 is 2.15 bits per heavy atom. The maximum Gasteiger partial charge on any atom is 0.161 e. The van der Waals surface area contributed by atoms with Gasteiger partial charge in [-0.3, -0.25) is 0 Å². The van der Waals surface area contributed by atoms with Crippen molar-refractivity contribution in [1.82, 2.24) is 0 Å². The van der Waals surface area contributed by atoms with E-state index in [0.717, 1.165) is 12.8 Å². The van der Waals surface area contributed by atoms with Crippen LogP contribution in [-0.2, 0) is 20.8 Å². The van der Waals surface area contributed by atoms with E-state index in [1.54, 1.807) is 0 Å².